The summed E-state index contributed by atoms with van der Waals surface area (Å²) in [5, 5.41) is 2.84. The lowest BCUT2D eigenvalue weighted by molar-refractivity contribution is 0.385. The average molecular weight is 195 g/mol. The Morgan fingerprint density at radius 2 is 1.71 bits per heavy atom. The topological polar surface area (TPSA) is 47.9 Å². The lowest BCUT2D eigenvalue weighted by atomic mass is 10.1. The molecule has 0 saturated heterocycles. The van der Waals surface area contributed by atoms with E-state index in [9.17, 15) is 4.91 Å². The Balaban J connectivity index is 3.24. The number of methoxy groups -OCH3 is 2. The van der Waals surface area contributed by atoms with Gasteiger partial charge in [0.2, 0.25) is 0 Å². The van der Waals surface area contributed by atoms with Crippen LogP contribution >= 0.6 is 0 Å². The van der Waals surface area contributed by atoms with Gasteiger partial charge in [0.15, 0.2) is 0 Å². The molecule has 0 amide bonds. The van der Waals surface area contributed by atoms with Crippen molar-refractivity contribution >= 4 is 0 Å². The van der Waals surface area contributed by atoms with E-state index in [-0.39, 0.29) is 6.54 Å². The van der Waals surface area contributed by atoms with E-state index < -0.39 is 0 Å². The van der Waals surface area contributed by atoms with Crippen molar-refractivity contribution < 1.29 is 9.47 Å². The SMILES string of the molecule is COc1cc(C)cc(OC)c1CN=O. The van der Waals surface area contributed by atoms with Gasteiger partial charge in [0, 0.05) is 0 Å². The molecular formula is C10H13NO3. The maximum absolute atomic E-state index is 10.2. The van der Waals surface area contributed by atoms with Crippen LogP contribution in [0.15, 0.2) is 17.3 Å². The molecule has 76 valence electrons. The second-order valence-electron chi connectivity index (χ2n) is 2.94. The average Bonchev–Trinajstić information content (AvgIpc) is 2.20. The molecule has 0 aromatic heterocycles. The van der Waals surface area contributed by atoms with Crippen LogP contribution < -0.4 is 9.47 Å². The first-order valence-electron chi connectivity index (χ1n) is 4.23. The van der Waals surface area contributed by atoms with Crippen LogP contribution in [-0.4, -0.2) is 14.2 Å². The zero-order valence-electron chi connectivity index (χ0n) is 8.53. The first-order chi connectivity index (χ1) is 6.72. The van der Waals surface area contributed by atoms with Crippen molar-refractivity contribution in [1.82, 2.24) is 0 Å². The number of hydrogen-bond donors (Lipinski definition) is 0. The summed E-state index contributed by atoms with van der Waals surface area (Å²) in [5.74, 6) is 1.28. The molecule has 0 spiro atoms. The third kappa shape index (κ3) is 2.02. The van der Waals surface area contributed by atoms with E-state index in [1.54, 1.807) is 14.2 Å². The van der Waals surface area contributed by atoms with Gasteiger partial charge in [0.05, 0.1) is 19.8 Å². The third-order valence-electron chi connectivity index (χ3n) is 1.97. The molecular weight excluding hydrogens is 182 g/mol. The highest BCUT2D eigenvalue weighted by Gasteiger charge is 2.10. The summed E-state index contributed by atoms with van der Waals surface area (Å²) in [4.78, 5) is 10.2. The minimum atomic E-state index is 0.0621. The predicted octanol–water partition coefficient (Wildman–Crippen LogP) is 2.28. The second-order valence-corrected chi connectivity index (χ2v) is 2.94. The number of nitroso groups, excluding NO2 is 1. The van der Waals surface area contributed by atoms with Gasteiger partial charge in [0.25, 0.3) is 0 Å². The smallest absolute Gasteiger partial charge is 0.128 e. The van der Waals surface area contributed by atoms with Gasteiger partial charge in [-0.2, -0.15) is 4.91 Å². The maximum Gasteiger partial charge on any atom is 0.128 e. The summed E-state index contributed by atoms with van der Waals surface area (Å²) in [6, 6.07) is 3.70. The van der Waals surface area contributed by atoms with Gasteiger partial charge in [-0.1, -0.05) is 5.18 Å². The summed E-state index contributed by atoms with van der Waals surface area (Å²) in [5.41, 5.74) is 1.71. The minimum Gasteiger partial charge on any atom is -0.496 e. The van der Waals surface area contributed by atoms with Crippen LogP contribution in [0, 0.1) is 11.8 Å². The molecule has 0 aliphatic heterocycles. The molecule has 1 aromatic carbocycles. The number of ether oxygens (including phenoxy) is 2. The minimum absolute atomic E-state index is 0.0621. The molecule has 0 atom stereocenters. The van der Waals surface area contributed by atoms with Gasteiger partial charge in [0.1, 0.15) is 18.0 Å². The number of rotatable bonds is 4. The van der Waals surface area contributed by atoms with Crippen molar-refractivity contribution in [3.63, 3.8) is 0 Å². The van der Waals surface area contributed by atoms with Crippen molar-refractivity contribution in [1.29, 1.82) is 0 Å². The van der Waals surface area contributed by atoms with Crippen LogP contribution in [0.1, 0.15) is 11.1 Å². The fourth-order valence-electron chi connectivity index (χ4n) is 1.34. The lowest BCUT2D eigenvalue weighted by Gasteiger charge is -2.11. The van der Waals surface area contributed by atoms with Gasteiger partial charge in [-0.3, -0.25) is 0 Å². The first-order valence-corrected chi connectivity index (χ1v) is 4.23. The van der Waals surface area contributed by atoms with E-state index in [1.807, 2.05) is 19.1 Å². The second kappa shape index (κ2) is 4.60. The Labute approximate surface area is 82.8 Å². The van der Waals surface area contributed by atoms with Crippen LogP contribution in [0.25, 0.3) is 0 Å². The summed E-state index contributed by atoms with van der Waals surface area (Å²) in [6.07, 6.45) is 0. The van der Waals surface area contributed by atoms with Crippen molar-refractivity contribution in [2.24, 2.45) is 5.18 Å². The van der Waals surface area contributed by atoms with Crippen molar-refractivity contribution in [3.05, 3.63) is 28.2 Å². The highest BCUT2D eigenvalue weighted by Crippen LogP contribution is 2.30. The van der Waals surface area contributed by atoms with E-state index >= 15 is 0 Å². The zero-order chi connectivity index (χ0) is 10.6. The van der Waals surface area contributed by atoms with Crippen LogP contribution in [0.5, 0.6) is 11.5 Å². The molecule has 0 aliphatic carbocycles. The Kier molecular flexibility index (Phi) is 3.45. The van der Waals surface area contributed by atoms with E-state index in [0.717, 1.165) is 5.56 Å². The van der Waals surface area contributed by atoms with Crippen LogP contribution in [-0.2, 0) is 6.54 Å². The molecule has 1 rings (SSSR count). The number of benzene rings is 1. The van der Waals surface area contributed by atoms with Crippen molar-refractivity contribution in [2.45, 2.75) is 13.5 Å². The summed E-state index contributed by atoms with van der Waals surface area (Å²) in [6.45, 7) is 2.00. The quantitative estimate of drug-likeness (QED) is 0.692. The summed E-state index contributed by atoms with van der Waals surface area (Å²) in [7, 11) is 3.12. The third-order valence-corrected chi connectivity index (χ3v) is 1.97. The standard InChI is InChI=1S/C10H13NO3/c1-7-4-9(13-2)8(6-11-12)10(5-7)14-3/h4-5H,6H2,1-3H3. The predicted molar refractivity (Wildman–Crippen MR) is 53.8 cm³/mol. The zero-order valence-corrected chi connectivity index (χ0v) is 8.53. The van der Waals surface area contributed by atoms with Crippen LogP contribution in [0.2, 0.25) is 0 Å². The fraction of sp³-hybridized carbons (Fsp3) is 0.400. The Bertz CT molecular complexity index is 311. The molecule has 0 N–H and O–H groups in total. The molecule has 4 nitrogen and oxygen atoms in total. The van der Waals surface area contributed by atoms with Gasteiger partial charge >= 0.3 is 0 Å². The molecule has 14 heavy (non-hydrogen) atoms. The van der Waals surface area contributed by atoms with Gasteiger partial charge < -0.3 is 9.47 Å². The molecule has 0 bridgehead atoms. The fourth-order valence-corrected chi connectivity index (χ4v) is 1.34. The van der Waals surface area contributed by atoms with Crippen molar-refractivity contribution in [3.8, 4) is 11.5 Å². The molecule has 0 heterocycles. The maximum atomic E-state index is 10.2. The molecule has 4 heteroatoms. The Morgan fingerprint density at radius 3 is 2.07 bits per heavy atom. The monoisotopic (exact) mass is 195 g/mol. The van der Waals surface area contributed by atoms with Crippen molar-refractivity contribution in [2.75, 3.05) is 14.2 Å². The molecule has 0 unspecified atom stereocenters. The molecule has 0 radical (unpaired) electrons. The van der Waals surface area contributed by atoms with Gasteiger partial charge in [-0.05, 0) is 24.6 Å². The normalized spacial score (nSPS) is 9.64. The molecule has 0 aliphatic rings. The lowest BCUT2D eigenvalue weighted by Crippen LogP contribution is -1.96. The van der Waals surface area contributed by atoms with Crippen LogP contribution in [0.3, 0.4) is 0 Å². The number of hydrogen-bond acceptors (Lipinski definition) is 4. The van der Waals surface area contributed by atoms with E-state index in [0.29, 0.717) is 17.1 Å². The highest BCUT2D eigenvalue weighted by atomic mass is 16.5. The molecule has 0 saturated carbocycles. The highest BCUT2D eigenvalue weighted by molar-refractivity contribution is 5.47. The van der Waals surface area contributed by atoms with Gasteiger partial charge in [-0.25, -0.2) is 0 Å². The summed E-state index contributed by atoms with van der Waals surface area (Å²) < 4.78 is 10.3. The summed E-state index contributed by atoms with van der Waals surface area (Å²) >= 11 is 0. The Morgan fingerprint density at radius 1 is 1.21 bits per heavy atom. The molecule has 1 aromatic rings. The van der Waals surface area contributed by atoms with Crippen LogP contribution in [0.4, 0.5) is 0 Å². The first kappa shape index (κ1) is 10.5. The van der Waals surface area contributed by atoms with E-state index in [1.165, 1.54) is 0 Å². The Hall–Kier alpha value is -1.58. The largest absolute Gasteiger partial charge is 0.496 e. The number of aryl methyl sites for hydroxylation is 1. The van der Waals surface area contributed by atoms with Gasteiger partial charge in [-0.15, -0.1) is 0 Å². The van der Waals surface area contributed by atoms with E-state index in [4.69, 9.17) is 9.47 Å². The molecule has 0 fully saturated rings. The number of nitrogens with zero attached hydrogens (tertiary/aromatic N) is 1. The van der Waals surface area contributed by atoms with E-state index in [2.05, 4.69) is 5.18 Å².